The van der Waals surface area contributed by atoms with Crippen LogP contribution in [0.5, 0.6) is 11.5 Å². The fourth-order valence-electron chi connectivity index (χ4n) is 4.84. The van der Waals surface area contributed by atoms with Gasteiger partial charge in [0.25, 0.3) is 6.29 Å². The molecule has 2 amide bonds. The summed E-state index contributed by atoms with van der Waals surface area (Å²) >= 11 is 0. The summed E-state index contributed by atoms with van der Waals surface area (Å²) in [5.74, 6) is -3.46. The van der Waals surface area contributed by atoms with E-state index in [2.05, 4.69) is 0 Å². The van der Waals surface area contributed by atoms with Crippen molar-refractivity contribution >= 4 is 29.4 Å². The second kappa shape index (κ2) is 6.30. The Balaban J connectivity index is 1.57. The largest absolute Gasteiger partial charge is 0.454 e. The lowest BCUT2D eigenvalue weighted by molar-refractivity contribution is -0.231. The van der Waals surface area contributed by atoms with Crippen LogP contribution in [0.1, 0.15) is 20.8 Å². The first-order valence-electron chi connectivity index (χ1n) is 9.69. The highest BCUT2D eigenvalue weighted by atomic mass is 16.7. The van der Waals surface area contributed by atoms with Crippen LogP contribution in [0.4, 0.5) is 5.69 Å². The van der Waals surface area contributed by atoms with Crippen LogP contribution >= 0.6 is 0 Å². The average molecular weight is 429 g/mol. The Morgan fingerprint density at radius 1 is 1.03 bits per heavy atom. The first-order valence-corrected chi connectivity index (χ1v) is 9.69. The minimum Gasteiger partial charge on any atom is -0.454 e. The zero-order chi connectivity index (χ0) is 22.1. The minimum absolute atomic E-state index is 0.0529. The van der Waals surface area contributed by atoms with Crippen molar-refractivity contribution in [2.24, 2.45) is 11.8 Å². The van der Waals surface area contributed by atoms with Gasteiger partial charge in [-0.2, -0.15) is 0 Å². The highest BCUT2D eigenvalue weighted by molar-refractivity contribution is 6.23. The molecule has 0 spiro atoms. The van der Waals surface area contributed by atoms with E-state index in [1.54, 1.807) is 37.3 Å². The molecule has 2 fully saturated rings. The molecule has 1 aromatic carbocycles. The number of rotatable bonds is 4. The van der Waals surface area contributed by atoms with Gasteiger partial charge < -0.3 is 23.7 Å². The van der Waals surface area contributed by atoms with Gasteiger partial charge in [-0.15, -0.1) is 0 Å². The van der Waals surface area contributed by atoms with Gasteiger partial charge in [0.2, 0.25) is 18.6 Å². The second-order valence-corrected chi connectivity index (χ2v) is 8.03. The Morgan fingerprint density at radius 2 is 1.68 bits per heavy atom. The van der Waals surface area contributed by atoms with E-state index in [1.165, 1.54) is 0 Å². The molecule has 4 aliphatic rings. The standard InChI is InChI=1S/C21H19NO9/c1-10(23)29-19(30-11(2)24)21-7-6-20(3,31-21)15-16(21)18(26)22(17(15)25)12-4-5-13-14(8-12)28-9-27-13/h4-8,15-16,19H,9H2,1-3H3/t15-,16-,20+,21-/m0/s1. The number of ether oxygens (including phenoxy) is 5. The van der Waals surface area contributed by atoms with Crippen molar-refractivity contribution in [1.29, 1.82) is 0 Å². The van der Waals surface area contributed by atoms with Gasteiger partial charge in [0, 0.05) is 19.9 Å². The summed E-state index contributed by atoms with van der Waals surface area (Å²) in [7, 11) is 0. The summed E-state index contributed by atoms with van der Waals surface area (Å²) in [5, 5.41) is 0. The third-order valence-electron chi connectivity index (χ3n) is 6.01. The van der Waals surface area contributed by atoms with Crippen LogP contribution in [0.3, 0.4) is 0 Å². The molecule has 10 heteroatoms. The lowest BCUT2D eigenvalue weighted by Gasteiger charge is -2.34. The molecule has 5 rings (SSSR count). The van der Waals surface area contributed by atoms with Crippen molar-refractivity contribution in [3.05, 3.63) is 30.4 Å². The van der Waals surface area contributed by atoms with Crippen molar-refractivity contribution in [2.75, 3.05) is 11.7 Å². The quantitative estimate of drug-likeness (QED) is 0.300. The molecule has 4 atom stereocenters. The highest BCUT2D eigenvalue weighted by Gasteiger charge is 2.76. The summed E-state index contributed by atoms with van der Waals surface area (Å²) in [4.78, 5) is 51.4. The molecule has 0 unspecified atom stereocenters. The highest BCUT2D eigenvalue weighted by Crippen LogP contribution is 2.59. The maximum absolute atomic E-state index is 13.5. The van der Waals surface area contributed by atoms with Crippen molar-refractivity contribution in [3.63, 3.8) is 0 Å². The summed E-state index contributed by atoms with van der Waals surface area (Å²) in [6.07, 6.45) is 1.66. The van der Waals surface area contributed by atoms with E-state index in [1.807, 2.05) is 0 Å². The zero-order valence-electron chi connectivity index (χ0n) is 16.9. The van der Waals surface area contributed by atoms with Crippen molar-refractivity contribution in [2.45, 2.75) is 38.3 Å². The Hall–Kier alpha value is -3.40. The van der Waals surface area contributed by atoms with Gasteiger partial charge in [-0.1, -0.05) is 6.08 Å². The first-order chi connectivity index (χ1) is 14.7. The third-order valence-corrected chi connectivity index (χ3v) is 6.01. The number of hydrogen-bond acceptors (Lipinski definition) is 9. The average Bonchev–Trinajstić information content (AvgIpc) is 3.40. The summed E-state index contributed by atoms with van der Waals surface area (Å²) < 4.78 is 27.2. The zero-order valence-corrected chi connectivity index (χ0v) is 16.9. The van der Waals surface area contributed by atoms with Crippen LogP contribution in [0.2, 0.25) is 0 Å². The molecule has 0 aromatic heterocycles. The molecule has 0 radical (unpaired) electrons. The second-order valence-electron chi connectivity index (χ2n) is 8.03. The van der Waals surface area contributed by atoms with Gasteiger partial charge in [0.15, 0.2) is 17.1 Å². The van der Waals surface area contributed by atoms with Crippen molar-refractivity contribution in [1.82, 2.24) is 0 Å². The third kappa shape index (κ3) is 2.61. The van der Waals surface area contributed by atoms with Gasteiger partial charge >= 0.3 is 11.9 Å². The van der Waals surface area contributed by atoms with E-state index in [4.69, 9.17) is 23.7 Å². The van der Waals surface area contributed by atoms with Crippen LogP contribution in [0, 0.1) is 11.8 Å². The molecule has 0 saturated carbocycles. The van der Waals surface area contributed by atoms with Crippen LogP contribution in [0.15, 0.2) is 30.4 Å². The molecule has 0 aliphatic carbocycles. The van der Waals surface area contributed by atoms with E-state index in [-0.39, 0.29) is 6.79 Å². The minimum atomic E-state index is -1.62. The van der Waals surface area contributed by atoms with Gasteiger partial charge in [0.1, 0.15) is 0 Å². The first kappa shape index (κ1) is 19.6. The molecule has 4 aliphatic heterocycles. The maximum Gasteiger partial charge on any atom is 0.305 e. The smallest absolute Gasteiger partial charge is 0.305 e. The number of benzene rings is 1. The van der Waals surface area contributed by atoms with Crippen molar-refractivity contribution in [3.8, 4) is 11.5 Å². The molecule has 4 heterocycles. The summed E-state index contributed by atoms with van der Waals surface area (Å²) in [6, 6.07) is 4.76. The van der Waals surface area contributed by atoms with Gasteiger partial charge in [-0.3, -0.25) is 19.2 Å². The molecule has 2 saturated heterocycles. The molecular formula is C21H19NO9. The van der Waals surface area contributed by atoms with E-state index in [0.29, 0.717) is 17.2 Å². The number of amides is 2. The molecular weight excluding hydrogens is 410 g/mol. The molecule has 2 bridgehead atoms. The molecule has 162 valence electrons. The van der Waals surface area contributed by atoms with Crippen LogP contribution in [-0.4, -0.2) is 48.0 Å². The molecule has 1 aromatic rings. The maximum atomic E-state index is 13.5. The summed E-state index contributed by atoms with van der Waals surface area (Å²) in [5.41, 5.74) is -2.43. The molecule has 0 N–H and O–H groups in total. The molecule has 31 heavy (non-hydrogen) atoms. The normalized spacial score (nSPS) is 32.1. The fourth-order valence-corrected chi connectivity index (χ4v) is 4.84. The molecule has 10 nitrogen and oxygen atoms in total. The number of carbonyl (C=O) groups is 4. The number of hydrogen-bond donors (Lipinski definition) is 0. The van der Waals surface area contributed by atoms with E-state index in [0.717, 1.165) is 18.7 Å². The van der Waals surface area contributed by atoms with Crippen LogP contribution < -0.4 is 14.4 Å². The monoisotopic (exact) mass is 429 g/mol. The number of imide groups is 1. The van der Waals surface area contributed by atoms with Gasteiger partial charge in [0.05, 0.1) is 23.1 Å². The topological polar surface area (TPSA) is 118 Å². The number of anilines is 1. The summed E-state index contributed by atoms with van der Waals surface area (Å²) in [6.45, 7) is 4.02. The predicted molar refractivity (Wildman–Crippen MR) is 101 cm³/mol. The lowest BCUT2D eigenvalue weighted by atomic mass is 9.72. The Kier molecular flexibility index (Phi) is 3.97. The number of nitrogens with zero attached hydrogens (tertiary/aromatic N) is 1. The van der Waals surface area contributed by atoms with Crippen LogP contribution in [0.25, 0.3) is 0 Å². The number of esters is 2. The van der Waals surface area contributed by atoms with Crippen LogP contribution in [-0.2, 0) is 33.4 Å². The lowest BCUT2D eigenvalue weighted by Crippen LogP contribution is -2.52. The Bertz CT molecular complexity index is 1050. The number of fused-ring (bicyclic) bond motifs is 6. The Labute approximate surface area is 176 Å². The number of carbonyl (C=O) groups excluding carboxylic acids is 4. The van der Waals surface area contributed by atoms with Gasteiger partial charge in [-0.25, -0.2) is 4.90 Å². The van der Waals surface area contributed by atoms with E-state index < -0.39 is 53.1 Å². The van der Waals surface area contributed by atoms with E-state index >= 15 is 0 Å². The predicted octanol–water partition coefficient (Wildman–Crippen LogP) is 1.07. The SMILES string of the molecule is CC(=O)OC(OC(C)=O)[C@@]12C=C[C@@](C)(O1)[C@@H]1C(=O)N(c3ccc4c(c3)OCO4)C(=O)[C@H]12. The fraction of sp³-hybridized carbons (Fsp3) is 0.429. The van der Waals surface area contributed by atoms with E-state index in [9.17, 15) is 19.2 Å². The Morgan fingerprint density at radius 3 is 2.35 bits per heavy atom. The van der Waals surface area contributed by atoms with Gasteiger partial charge in [-0.05, 0) is 25.1 Å². The van der Waals surface area contributed by atoms with Crippen molar-refractivity contribution < 1.29 is 42.9 Å².